The Kier molecular flexibility index (Phi) is 4.26. The maximum Gasteiger partial charge on any atom is 0.0592 e. The molecule has 1 N–H and O–H groups in total. The summed E-state index contributed by atoms with van der Waals surface area (Å²) in [5, 5.41) is 3.46. The van der Waals surface area contributed by atoms with Crippen molar-refractivity contribution in [3.63, 3.8) is 0 Å². The third kappa shape index (κ3) is 3.63. The second-order valence-corrected chi connectivity index (χ2v) is 4.80. The lowest BCUT2D eigenvalue weighted by atomic mass is 10.2. The van der Waals surface area contributed by atoms with Gasteiger partial charge in [0, 0.05) is 38.6 Å². The zero-order valence-electron chi connectivity index (χ0n) is 10.8. The van der Waals surface area contributed by atoms with Gasteiger partial charge in [-0.2, -0.15) is 0 Å². The standard InChI is InChI=1S/C14H22N2O/c1-16(2)13-6-3-5-12(11-13)15-9-8-14-7-4-10-17-14/h3,5-6,11,14-15H,4,7-10H2,1-2H3. The first-order valence-corrected chi connectivity index (χ1v) is 6.38. The monoisotopic (exact) mass is 234 g/mol. The molecule has 1 atom stereocenters. The van der Waals surface area contributed by atoms with Crippen LogP contribution in [0.3, 0.4) is 0 Å². The Labute approximate surface area is 104 Å². The summed E-state index contributed by atoms with van der Waals surface area (Å²) < 4.78 is 5.60. The summed E-state index contributed by atoms with van der Waals surface area (Å²) in [6.07, 6.45) is 4.02. The average molecular weight is 234 g/mol. The molecular weight excluding hydrogens is 212 g/mol. The van der Waals surface area contributed by atoms with Gasteiger partial charge in [0.15, 0.2) is 0 Å². The van der Waals surface area contributed by atoms with Gasteiger partial charge in [0.25, 0.3) is 0 Å². The van der Waals surface area contributed by atoms with Crippen LogP contribution in [0.15, 0.2) is 24.3 Å². The van der Waals surface area contributed by atoms with E-state index in [0.717, 1.165) is 19.6 Å². The minimum absolute atomic E-state index is 0.472. The Morgan fingerprint density at radius 1 is 1.41 bits per heavy atom. The number of nitrogens with zero attached hydrogens (tertiary/aromatic N) is 1. The van der Waals surface area contributed by atoms with Crippen molar-refractivity contribution < 1.29 is 4.74 Å². The van der Waals surface area contributed by atoms with Crippen molar-refractivity contribution in [1.29, 1.82) is 0 Å². The van der Waals surface area contributed by atoms with Crippen LogP contribution in [0.5, 0.6) is 0 Å². The van der Waals surface area contributed by atoms with Gasteiger partial charge in [-0.15, -0.1) is 0 Å². The van der Waals surface area contributed by atoms with Crippen LogP contribution in [0.1, 0.15) is 19.3 Å². The maximum atomic E-state index is 5.60. The lowest BCUT2D eigenvalue weighted by molar-refractivity contribution is 0.107. The molecule has 2 rings (SSSR count). The molecule has 3 heteroatoms. The molecule has 0 spiro atoms. The van der Waals surface area contributed by atoms with Crippen molar-refractivity contribution >= 4 is 11.4 Å². The quantitative estimate of drug-likeness (QED) is 0.848. The predicted molar refractivity (Wildman–Crippen MR) is 72.8 cm³/mol. The van der Waals surface area contributed by atoms with Crippen molar-refractivity contribution in [2.45, 2.75) is 25.4 Å². The third-order valence-corrected chi connectivity index (χ3v) is 3.18. The Balaban J connectivity index is 1.79. The predicted octanol–water partition coefficient (Wildman–Crippen LogP) is 2.73. The summed E-state index contributed by atoms with van der Waals surface area (Å²) >= 11 is 0. The van der Waals surface area contributed by atoms with Crippen LogP contribution in [0.25, 0.3) is 0 Å². The molecule has 0 bridgehead atoms. The Morgan fingerprint density at radius 2 is 2.29 bits per heavy atom. The molecule has 0 aromatic heterocycles. The minimum Gasteiger partial charge on any atom is -0.385 e. The second kappa shape index (κ2) is 5.92. The molecule has 0 amide bonds. The van der Waals surface area contributed by atoms with E-state index in [-0.39, 0.29) is 0 Å². The Bertz CT molecular complexity index is 346. The highest BCUT2D eigenvalue weighted by molar-refractivity contribution is 5.57. The molecule has 1 aliphatic heterocycles. The molecule has 1 aromatic carbocycles. The third-order valence-electron chi connectivity index (χ3n) is 3.18. The number of benzene rings is 1. The van der Waals surface area contributed by atoms with Gasteiger partial charge in [0.2, 0.25) is 0 Å². The summed E-state index contributed by atoms with van der Waals surface area (Å²) in [6, 6.07) is 8.49. The zero-order chi connectivity index (χ0) is 12.1. The van der Waals surface area contributed by atoms with Gasteiger partial charge < -0.3 is 15.0 Å². The lowest BCUT2D eigenvalue weighted by Gasteiger charge is -2.15. The summed E-state index contributed by atoms with van der Waals surface area (Å²) in [7, 11) is 4.12. The summed E-state index contributed by atoms with van der Waals surface area (Å²) in [4.78, 5) is 2.12. The first-order valence-electron chi connectivity index (χ1n) is 6.38. The minimum atomic E-state index is 0.472. The van der Waals surface area contributed by atoms with Crippen LogP contribution in [0, 0.1) is 0 Å². The number of anilines is 2. The summed E-state index contributed by atoms with van der Waals surface area (Å²) in [5.74, 6) is 0. The number of hydrogen-bond donors (Lipinski definition) is 1. The van der Waals surface area contributed by atoms with Gasteiger partial charge in [-0.25, -0.2) is 0 Å². The second-order valence-electron chi connectivity index (χ2n) is 4.80. The number of hydrogen-bond acceptors (Lipinski definition) is 3. The molecule has 1 aliphatic rings. The highest BCUT2D eigenvalue weighted by Gasteiger charge is 2.14. The molecular formula is C14H22N2O. The molecule has 94 valence electrons. The molecule has 0 radical (unpaired) electrons. The van der Waals surface area contributed by atoms with Crippen LogP contribution in [0.2, 0.25) is 0 Å². The van der Waals surface area contributed by atoms with E-state index in [1.54, 1.807) is 0 Å². The van der Waals surface area contributed by atoms with Gasteiger partial charge >= 0.3 is 0 Å². The molecule has 17 heavy (non-hydrogen) atoms. The van der Waals surface area contributed by atoms with E-state index < -0.39 is 0 Å². The van der Waals surface area contributed by atoms with Crippen LogP contribution >= 0.6 is 0 Å². The SMILES string of the molecule is CN(C)c1cccc(NCCC2CCCO2)c1. The molecule has 1 saturated heterocycles. The van der Waals surface area contributed by atoms with Crippen molar-refractivity contribution in [1.82, 2.24) is 0 Å². The van der Waals surface area contributed by atoms with Crippen LogP contribution in [-0.2, 0) is 4.74 Å². The van der Waals surface area contributed by atoms with E-state index >= 15 is 0 Å². The lowest BCUT2D eigenvalue weighted by Crippen LogP contribution is -2.13. The van der Waals surface area contributed by atoms with Crippen molar-refractivity contribution in [2.75, 3.05) is 37.5 Å². The van der Waals surface area contributed by atoms with Crippen molar-refractivity contribution in [3.05, 3.63) is 24.3 Å². The van der Waals surface area contributed by atoms with E-state index in [4.69, 9.17) is 4.74 Å². The fourth-order valence-electron chi connectivity index (χ4n) is 2.14. The fourth-order valence-corrected chi connectivity index (χ4v) is 2.14. The number of rotatable bonds is 5. The van der Waals surface area contributed by atoms with E-state index in [1.807, 2.05) is 0 Å². The van der Waals surface area contributed by atoms with Gasteiger partial charge in [-0.3, -0.25) is 0 Å². The number of ether oxygens (including phenoxy) is 1. The summed E-state index contributed by atoms with van der Waals surface area (Å²) in [6.45, 7) is 1.93. The maximum absolute atomic E-state index is 5.60. The van der Waals surface area contributed by atoms with Crippen molar-refractivity contribution in [3.8, 4) is 0 Å². The normalized spacial score (nSPS) is 19.3. The Morgan fingerprint density at radius 3 is 3.00 bits per heavy atom. The fraction of sp³-hybridized carbons (Fsp3) is 0.571. The zero-order valence-corrected chi connectivity index (χ0v) is 10.8. The van der Waals surface area contributed by atoms with E-state index in [9.17, 15) is 0 Å². The largest absolute Gasteiger partial charge is 0.385 e. The average Bonchev–Trinajstić information content (AvgIpc) is 2.82. The first-order chi connectivity index (χ1) is 8.25. The number of nitrogens with one attached hydrogen (secondary N) is 1. The topological polar surface area (TPSA) is 24.5 Å². The molecule has 0 aliphatic carbocycles. The van der Waals surface area contributed by atoms with Gasteiger partial charge in [-0.1, -0.05) is 6.07 Å². The first kappa shape index (κ1) is 12.2. The van der Waals surface area contributed by atoms with Crippen LogP contribution in [-0.4, -0.2) is 33.4 Å². The highest BCUT2D eigenvalue weighted by atomic mass is 16.5. The van der Waals surface area contributed by atoms with Gasteiger partial charge in [0.05, 0.1) is 6.10 Å². The van der Waals surface area contributed by atoms with Gasteiger partial charge in [0.1, 0.15) is 0 Å². The van der Waals surface area contributed by atoms with E-state index in [1.165, 1.54) is 24.2 Å². The molecule has 1 heterocycles. The molecule has 1 aromatic rings. The summed E-state index contributed by atoms with van der Waals surface area (Å²) in [5.41, 5.74) is 2.42. The van der Waals surface area contributed by atoms with E-state index in [0.29, 0.717) is 6.10 Å². The molecule has 1 fully saturated rings. The van der Waals surface area contributed by atoms with E-state index in [2.05, 4.69) is 48.6 Å². The Hall–Kier alpha value is -1.22. The molecule has 3 nitrogen and oxygen atoms in total. The molecule has 0 saturated carbocycles. The van der Waals surface area contributed by atoms with Crippen LogP contribution in [0.4, 0.5) is 11.4 Å². The highest BCUT2D eigenvalue weighted by Crippen LogP contribution is 2.18. The van der Waals surface area contributed by atoms with Crippen LogP contribution < -0.4 is 10.2 Å². The van der Waals surface area contributed by atoms with Gasteiger partial charge in [-0.05, 0) is 37.5 Å². The van der Waals surface area contributed by atoms with Crippen molar-refractivity contribution in [2.24, 2.45) is 0 Å². The molecule has 1 unspecified atom stereocenters. The smallest absolute Gasteiger partial charge is 0.0592 e.